The van der Waals surface area contributed by atoms with Crippen molar-refractivity contribution in [3.8, 4) is 5.69 Å². The number of rotatable bonds is 5. The fraction of sp³-hybridized carbons (Fsp3) is 0.250. The van der Waals surface area contributed by atoms with Gasteiger partial charge in [-0.25, -0.2) is 4.98 Å². The number of aromatic nitrogens is 4. The Balaban J connectivity index is 1.85. The van der Waals surface area contributed by atoms with Crippen molar-refractivity contribution in [2.45, 2.75) is 26.7 Å². The Labute approximate surface area is 133 Å². The average molecular weight is 311 g/mol. The number of pyridine rings is 1. The summed E-state index contributed by atoms with van der Waals surface area (Å²) < 4.78 is 7.02. The van der Waals surface area contributed by atoms with Crippen LogP contribution in [0.4, 0.5) is 5.69 Å². The third kappa shape index (κ3) is 3.13. The van der Waals surface area contributed by atoms with Crippen LogP contribution in [0.2, 0.25) is 0 Å². The summed E-state index contributed by atoms with van der Waals surface area (Å²) in [7, 11) is 0. The Kier molecular flexibility index (Phi) is 4.18. The van der Waals surface area contributed by atoms with Crippen LogP contribution in [0, 0.1) is 6.92 Å². The summed E-state index contributed by atoms with van der Waals surface area (Å²) in [5.74, 6) is 1.19. The third-order valence-electron chi connectivity index (χ3n) is 3.42. The predicted molar refractivity (Wildman–Crippen MR) is 84.5 cm³/mol. The Morgan fingerprint density at radius 1 is 1.39 bits per heavy atom. The van der Waals surface area contributed by atoms with Crippen LogP contribution < -0.4 is 5.32 Å². The number of hydrogen-bond acceptors (Lipinski definition) is 5. The van der Waals surface area contributed by atoms with Gasteiger partial charge in [0.05, 0.1) is 17.6 Å². The van der Waals surface area contributed by atoms with E-state index in [4.69, 9.17) is 4.52 Å². The van der Waals surface area contributed by atoms with Crippen LogP contribution >= 0.6 is 0 Å². The van der Waals surface area contributed by atoms with Gasteiger partial charge < -0.3 is 14.4 Å². The van der Waals surface area contributed by atoms with E-state index in [1.165, 1.54) is 0 Å². The lowest BCUT2D eigenvalue weighted by atomic mass is 10.2. The van der Waals surface area contributed by atoms with Crippen molar-refractivity contribution >= 4 is 11.6 Å². The highest BCUT2D eigenvalue weighted by atomic mass is 16.5. The van der Waals surface area contributed by atoms with Crippen LogP contribution in [0.1, 0.15) is 35.4 Å². The van der Waals surface area contributed by atoms with E-state index in [1.807, 2.05) is 30.7 Å². The summed E-state index contributed by atoms with van der Waals surface area (Å²) in [5.41, 5.74) is 1.63. The lowest BCUT2D eigenvalue weighted by Gasteiger charge is -2.11. The summed E-state index contributed by atoms with van der Waals surface area (Å²) in [4.78, 5) is 20.6. The molecule has 7 heteroatoms. The molecule has 3 aromatic rings. The highest BCUT2D eigenvalue weighted by Gasteiger charge is 2.15. The van der Waals surface area contributed by atoms with E-state index in [0.717, 1.165) is 24.4 Å². The van der Waals surface area contributed by atoms with Crippen molar-refractivity contribution in [3.63, 3.8) is 0 Å². The fourth-order valence-corrected chi connectivity index (χ4v) is 2.30. The van der Waals surface area contributed by atoms with E-state index in [1.54, 1.807) is 24.7 Å². The van der Waals surface area contributed by atoms with Gasteiger partial charge in [-0.3, -0.25) is 9.78 Å². The molecule has 3 aromatic heterocycles. The monoisotopic (exact) mass is 311 g/mol. The first-order valence-corrected chi connectivity index (χ1v) is 7.40. The van der Waals surface area contributed by atoms with E-state index in [2.05, 4.69) is 20.4 Å². The molecule has 0 aromatic carbocycles. The highest BCUT2D eigenvalue weighted by molar-refractivity contribution is 6.03. The number of imidazole rings is 1. The molecular formula is C16H17N5O2. The Morgan fingerprint density at radius 2 is 2.26 bits per heavy atom. The molecule has 0 saturated carbocycles. The molecular weight excluding hydrogens is 294 g/mol. The van der Waals surface area contributed by atoms with Gasteiger partial charge in [0, 0.05) is 31.1 Å². The quantitative estimate of drug-likeness (QED) is 0.783. The Hall–Kier alpha value is -2.96. The van der Waals surface area contributed by atoms with Gasteiger partial charge >= 0.3 is 0 Å². The maximum atomic E-state index is 12.4. The summed E-state index contributed by atoms with van der Waals surface area (Å²) in [6.45, 7) is 3.93. The molecule has 1 amide bonds. The van der Waals surface area contributed by atoms with Gasteiger partial charge in [-0.05, 0) is 19.4 Å². The number of amides is 1. The van der Waals surface area contributed by atoms with E-state index in [9.17, 15) is 4.79 Å². The van der Waals surface area contributed by atoms with Crippen molar-refractivity contribution in [2.75, 3.05) is 5.32 Å². The first-order valence-electron chi connectivity index (χ1n) is 7.40. The molecule has 23 heavy (non-hydrogen) atoms. The zero-order chi connectivity index (χ0) is 16.2. The molecule has 0 atom stereocenters. The maximum absolute atomic E-state index is 12.4. The van der Waals surface area contributed by atoms with Gasteiger partial charge in [-0.15, -0.1) is 0 Å². The van der Waals surface area contributed by atoms with Crippen LogP contribution in [-0.4, -0.2) is 25.6 Å². The van der Waals surface area contributed by atoms with Crippen molar-refractivity contribution in [3.05, 3.63) is 54.2 Å². The van der Waals surface area contributed by atoms with Gasteiger partial charge in [0.1, 0.15) is 11.6 Å². The fourth-order valence-electron chi connectivity index (χ4n) is 2.30. The zero-order valence-corrected chi connectivity index (χ0v) is 13.0. The lowest BCUT2D eigenvalue weighted by molar-refractivity contribution is 0.101. The molecule has 7 nitrogen and oxygen atoms in total. The largest absolute Gasteiger partial charge is 0.361 e. The van der Waals surface area contributed by atoms with Crippen molar-refractivity contribution < 1.29 is 9.32 Å². The second-order valence-corrected chi connectivity index (χ2v) is 5.12. The molecule has 0 unspecified atom stereocenters. The molecule has 3 heterocycles. The molecule has 0 radical (unpaired) electrons. The number of nitrogens with one attached hydrogen (secondary N) is 1. The highest BCUT2D eigenvalue weighted by Crippen LogP contribution is 2.20. The topological polar surface area (TPSA) is 85.8 Å². The van der Waals surface area contributed by atoms with Crippen LogP contribution in [0.15, 0.2) is 41.4 Å². The molecule has 0 saturated heterocycles. The molecule has 0 bridgehead atoms. The first kappa shape index (κ1) is 15.0. The van der Waals surface area contributed by atoms with E-state index in [-0.39, 0.29) is 11.6 Å². The van der Waals surface area contributed by atoms with Crippen LogP contribution in [0.25, 0.3) is 5.69 Å². The Morgan fingerprint density at radius 3 is 3.00 bits per heavy atom. The molecule has 118 valence electrons. The predicted octanol–water partition coefficient (Wildman–Crippen LogP) is 2.77. The number of carbonyl (C=O) groups is 1. The summed E-state index contributed by atoms with van der Waals surface area (Å²) >= 11 is 0. The van der Waals surface area contributed by atoms with E-state index >= 15 is 0 Å². The number of anilines is 1. The normalized spacial score (nSPS) is 10.7. The zero-order valence-electron chi connectivity index (χ0n) is 13.0. The second kappa shape index (κ2) is 6.43. The number of nitrogens with zero attached hydrogens (tertiary/aromatic N) is 4. The molecule has 0 aliphatic carbocycles. The first-order chi connectivity index (χ1) is 11.2. The second-order valence-electron chi connectivity index (χ2n) is 5.12. The van der Waals surface area contributed by atoms with Crippen LogP contribution in [-0.2, 0) is 6.42 Å². The SMILES string of the molecule is CCCc1cc(C(=O)Nc2cnccc2-n2ccnc2C)no1. The van der Waals surface area contributed by atoms with Crippen molar-refractivity contribution in [2.24, 2.45) is 0 Å². The number of hydrogen-bond donors (Lipinski definition) is 1. The summed E-state index contributed by atoms with van der Waals surface area (Å²) in [6, 6.07) is 3.48. The van der Waals surface area contributed by atoms with Crippen molar-refractivity contribution in [1.82, 2.24) is 19.7 Å². The smallest absolute Gasteiger partial charge is 0.277 e. The molecule has 0 spiro atoms. The number of aryl methyl sites for hydroxylation is 2. The van der Waals surface area contributed by atoms with E-state index in [0.29, 0.717) is 11.4 Å². The molecule has 3 rings (SSSR count). The molecule has 1 N–H and O–H groups in total. The minimum absolute atomic E-state index is 0.255. The molecule has 0 aliphatic heterocycles. The van der Waals surface area contributed by atoms with Crippen LogP contribution in [0.5, 0.6) is 0 Å². The average Bonchev–Trinajstić information content (AvgIpc) is 3.17. The summed E-state index contributed by atoms with van der Waals surface area (Å²) in [5, 5.41) is 6.64. The standard InChI is InChI=1S/C16H17N5O2/c1-3-4-12-9-13(20-23-12)16(22)19-14-10-17-6-5-15(14)21-8-7-18-11(21)2/h5-10H,3-4H2,1-2H3,(H,19,22). The Bertz CT molecular complexity index is 821. The van der Waals surface area contributed by atoms with Crippen LogP contribution in [0.3, 0.4) is 0 Å². The molecule has 0 aliphatic rings. The minimum Gasteiger partial charge on any atom is -0.361 e. The van der Waals surface area contributed by atoms with Gasteiger partial charge in [0.2, 0.25) is 0 Å². The number of carbonyl (C=O) groups excluding carboxylic acids is 1. The lowest BCUT2D eigenvalue weighted by Crippen LogP contribution is -2.14. The minimum atomic E-state index is -0.330. The van der Waals surface area contributed by atoms with Gasteiger partial charge in [0.25, 0.3) is 5.91 Å². The van der Waals surface area contributed by atoms with Gasteiger partial charge in [0.15, 0.2) is 5.69 Å². The van der Waals surface area contributed by atoms with Crippen molar-refractivity contribution in [1.29, 1.82) is 0 Å². The van der Waals surface area contributed by atoms with Gasteiger partial charge in [-0.2, -0.15) is 0 Å². The maximum Gasteiger partial charge on any atom is 0.277 e. The van der Waals surface area contributed by atoms with E-state index < -0.39 is 0 Å². The van der Waals surface area contributed by atoms with Gasteiger partial charge in [-0.1, -0.05) is 12.1 Å². The molecule has 0 fully saturated rings. The third-order valence-corrected chi connectivity index (χ3v) is 3.42. The summed E-state index contributed by atoms with van der Waals surface area (Å²) in [6.07, 6.45) is 8.49.